The van der Waals surface area contributed by atoms with E-state index in [0.717, 1.165) is 11.5 Å². The van der Waals surface area contributed by atoms with Crippen molar-refractivity contribution >= 4 is 40.8 Å². The molecule has 3 aromatic rings. The second kappa shape index (κ2) is 8.28. The molecule has 3 rings (SSSR count). The fourth-order valence-corrected chi connectivity index (χ4v) is 2.53. The van der Waals surface area contributed by atoms with E-state index in [4.69, 9.17) is 0 Å². The number of carbonyl (C=O) groups excluding carboxylic acids is 2. The molecule has 0 saturated carbocycles. The minimum atomic E-state index is -0.873. The normalized spacial score (nSPS) is 10.1. The Morgan fingerprint density at radius 3 is 1.85 bits per heavy atom. The highest BCUT2D eigenvalue weighted by Crippen LogP contribution is 2.18. The van der Waals surface area contributed by atoms with Crippen molar-refractivity contribution in [2.24, 2.45) is 0 Å². The predicted octanol–water partition coefficient (Wildman–Crippen LogP) is 3.48. The third kappa shape index (κ3) is 4.59. The van der Waals surface area contributed by atoms with Gasteiger partial charge in [0.15, 0.2) is 0 Å². The van der Waals surface area contributed by atoms with E-state index in [1.54, 1.807) is 0 Å². The molecular weight excluding hydrogens is 374 g/mol. The van der Waals surface area contributed by atoms with Gasteiger partial charge in [0.05, 0.1) is 17.1 Å². The lowest BCUT2D eigenvalue weighted by Crippen LogP contribution is -2.26. The van der Waals surface area contributed by atoms with Gasteiger partial charge >= 0.3 is 0 Å². The van der Waals surface area contributed by atoms with Gasteiger partial charge in [0.2, 0.25) is 0 Å². The van der Waals surface area contributed by atoms with Crippen LogP contribution in [0.25, 0.3) is 6.08 Å². The number of halogens is 2. The first-order valence-electron chi connectivity index (χ1n) is 7.65. The SMILES string of the molecule is O=C(Nc1ccccc1F)C(=Cc1csnn1)C(=O)Nc1ccccc1F. The van der Waals surface area contributed by atoms with Crippen molar-refractivity contribution in [1.82, 2.24) is 9.59 Å². The molecule has 1 heterocycles. The number of nitrogens with zero attached hydrogens (tertiary/aromatic N) is 2. The van der Waals surface area contributed by atoms with E-state index < -0.39 is 23.4 Å². The molecule has 0 aliphatic carbocycles. The first-order chi connectivity index (χ1) is 13.0. The van der Waals surface area contributed by atoms with Gasteiger partial charge < -0.3 is 10.6 Å². The van der Waals surface area contributed by atoms with Crippen molar-refractivity contribution in [2.75, 3.05) is 10.6 Å². The van der Waals surface area contributed by atoms with Gasteiger partial charge in [-0.2, -0.15) is 0 Å². The standard InChI is InChI=1S/C18H12F2N4O2S/c19-13-5-1-3-7-15(13)21-17(25)12(9-11-10-27-24-23-11)18(26)22-16-8-4-2-6-14(16)20/h1-10H,(H,21,25)(H,22,26). The van der Waals surface area contributed by atoms with Crippen LogP contribution in [-0.4, -0.2) is 21.4 Å². The van der Waals surface area contributed by atoms with Gasteiger partial charge in [-0.25, -0.2) is 8.78 Å². The van der Waals surface area contributed by atoms with Gasteiger partial charge in [-0.3, -0.25) is 9.59 Å². The van der Waals surface area contributed by atoms with Gasteiger partial charge in [-0.05, 0) is 41.9 Å². The minimum Gasteiger partial charge on any atom is -0.319 e. The van der Waals surface area contributed by atoms with Crippen molar-refractivity contribution in [3.05, 3.63) is 76.8 Å². The summed E-state index contributed by atoms with van der Waals surface area (Å²) in [6, 6.07) is 11.0. The second-order valence-corrected chi connectivity index (χ2v) is 5.87. The van der Waals surface area contributed by atoms with Gasteiger partial charge in [-0.15, -0.1) is 5.10 Å². The van der Waals surface area contributed by atoms with E-state index in [-0.39, 0.29) is 22.6 Å². The first-order valence-corrected chi connectivity index (χ1v) is 8.49. The monoisotopic (exact) mass is 386 g/mol. The number of anilines is 2. The summed E-state index contributed by atoms with van der Waals surface area (Å²) in [5.41, 5.74) is -0.302. The van der Waals surface area contributed by atoms with Crippen molar-refractivity contribution in [2.45, 2.75) is 0 Å². The maximum absolute atomic E-state index is 13.8. The second-order valence-electron chi connectivity index (χ2n) is 5.26. The Hall–Kier alpha value is -3.46. The van der Waals surface area contributed by atoms with Crippen LogP contribution in [-0.2, 0) is 9.59 Å². The summed E-state index contributed by atoms with van der Waals surface area (Å²) >= 11 is 1.03. The van der Waals surface area contributed by atoms with Crippen LogP contribution >= 0.6 is 11.5 Å². The number of amides is 2. The molecule has 2 amide bonds. The van der Waals surface area contributed by atoms with E-state index in [1.165, 1.54) is 60.0 Å². The average Bonchev–Trinajstić information content (AvgIpc) is 3.16. The van der Waals surface area contributed by atoms with Gasteiger partial charge in [0, 0.05) is 5.38 Å². The third-order valence-corrected chi connectivity index (χ3v) is 3.93. The van der Waals surface area contributed by atoms with Crippen molar-refractivity contribution in [3.8, 4) is 0 Å². The molecule has 2 N–H and O–H groups in total. The highest BCUT2D eigenvalue weighted by molar-refractivity contribution is 7.03. The number of para-hydroxylation sites is 2. The number of rotatable bonds is 5. The summed E-state index contributed by atoms with van der Waals surface area (Å²) in [5, 5.41) is 9.92. The molecule has 27 heavy (non-hydrogen) atoms. The summed E-state index contributed by atoms with van der Waals surface area (Å²) in [6.07, 6.45) is 1.19. The van der Waals surface area contributed by atoms with E-state index in [2.05, 4.69) is 20.2 Å². The zero-order valence-electron chi connectivity index (χ0n) is 13.6. The van der Waals surface area contributed by atoms with Crippen LogP contribution in [0.1, 0.15) is 5.69 Å². The Morgan fingerprint density at radius 1 is 0.889 bits per heavy atom. The summed E-state index contributed by atoms with van der Waals surface area (Å²) in [5.74, 6) is -3.06. The lowest BCUT2D eigenvalue weighted by atomic mass is 10.1. The number of benzene rings is 2. The van der Waals surface area contributed by atoms with Crippen molar-refractivity contribution < 1.29 is 18.4 Å². The van der Waals surface area contributed by atoms with Crippen molar-refractivity contribution in [1.29, 1.82) is 0 Å². The number of hydrogen-bond donors (Lipinski definition) is 2. The molecule has 0 atom stereocenters. The van der Waals surface area contributed by atoms with Gasteiger partial charge in [0.25, 0.3) is 11.8 Å². The molecule has 0 radical (unpaired) electrons. The third-order valence-electron chi connectivity index (χ3n) is 3.40. The molecule has 0 fully saturated rings. The minimum absolute atomic E-state index is 0.0940. The van der Waals surface area contributed by atoms with E-state index >= 15 is 0 Å². The molecular formula is C18H12F2N4O2S. The lowest BCUT2D eigenvalue weighted by Gasteiger charge is -2.11. The smallest absolute Gasteiger partial charge is 0.261 e. The quantitative estimate of drug-likeness (QED) is 0.400. The van der Waals surface area contributed by atoms with E-state index in [1.807, 2.05) is 0 Å². The lowest BCUT2D eigenvalue weighted by molar-refractivity contribution is -0.118. The molecule has 2 aromatic carbocycles. The molecule has 1 aromatic heterocycles. The summed E-state index contributed by atoms with van der Waals surface area (Å²) in [6.45, 7) is 0. The Labute approximate surface area is 156 Å². The molecule has 0 aliphatic rings. The van der Waals surface area contributed by atoms with Crippen LogP contribution in [0, 0.1) is 11.6 Å². The molecule has 6 nitrogen and oxygen atoms in total. The van der Waals surface area contributed by atoms with Crippen LogP contribution in [0.2, 0.25) is 0 Å². The largest absolute Gasteiger partial charge is 0.319 e. The fraction of sp³-hybridized carbons (Fsp3) is 0. The van der Waals surface area contributed by atoms with Gasteiger partial charge in [-0.1, -0.05) is 28.8 Å². The predicted molar refractivity (Wildman–Crippen MR) is 97.9 cm³/mol. The zero-order chi connectivity index (χ0) is 19.2. The zero-order valence-corrected chi connectivity index (χ0v) is 14.5. The molecule has 0 bridgehead atoms. The summed E-state index contributed by atoms with van der Waals surface area (Å²) in [7, 11) is 0. The van der Waals surface area contributed by atoms with Gasteiger partial charge in [0.1, 0.15) is 17.2 Å². The number of hydrogen-bond acceptors (Lipinski definition) is 5. The Bertz CT molecular complexity index is 945. The maximum atomic E-state index is 13.8. The van der Waals surface area contributed by atoms with Crippen LogP contribution in [0.4, 0.5) is 20.2 Å². The number of carbonyl (C=O) groups is 2. The number of aromatic nitrogens is 2. The first kappa shape index (κ1) is 18.3. The van der Waals surface area contributed by atoms with Crippen LogP contribution < -0.4 is 10.6 Å². The van der Waals surface area contributed by atoms with E-state index in [0.29, 0.717) is 0 Å². The molecule has 0 saturated heterocycles. The Kier molecular flexibility index (Phi) is 5.62. The fourth-order valence-electron chi connectivity index (χ4n) is 2.12. The summed E-state index contributed by atoms with van der Waals surface area (Å²) < 4.78 is 31.2. The molecule has 0 spiro atoms. The number of nitrogens with one attached hydrogen (secondary N) is 2. The van der Waals surface area contributed by atoms with Crippen LogP contribution in [0.3, 0.4) is 0 Å². The highest BCUT2D eigenvalue weighted by Gasteiger charge is 2.21. The Morgan fingerprint density at radius 2 is 1.41 bits per heavy atom. The van der Waals surface area contributed by atoms with Crippen molar-refractivity contribution in [3.63, 3.8) is 0 Å². The Balaban J connectivity index is 1.89. The highest BCUT2D eigenvalue weighted by atomic mass is 32.1. The van der Waals surface area contributed by atoms with Crippen LogP contribution in [0.15, 0.2) is 59.5 Å². The molecule has 9 heteroatoms. The molecule has 136 valence electrons. The summed E-state index contributed by atoms with van der Waals surface area (Å²) in [4.78, 5) is 25.1. The molecule has 0 aliphatic heterocycles. The maximum Gasteiger partial charge on any atom is 0.261 e. The average molecular weight is 386 g/mol. The van der Waals surface area contributed by atoms with E-state index in [9.17, 15) is 18.4 Å². The molecule has 0 unspecified atom stereocenters. The van der Waals surface area contributed by atoms with Crippen LogP contribution in [0.5, 0.6) is 0 Å². The topological polar surface area (TPSA) is 84.0 Å².